The van der Waals surface area contributed by atoms with Gasteiger partial charge in [-0.3, -0.25) is 9.88 Å². The van der Waals surface area contributed by atoms with Crippen molar-refractivity contribution >= 4 is 0 Å². The van der Waals surface area contributed by atoms with Crippen molar-refractivity contribution in [3.63, 3.8) is 0 Å². The number of nitrogens with one attached hydrogen (secondary N) is 1. The predicted octanol–water partition coefficient (Wildman–Crippen LogP) is 2.73. The Labute approximate surface area is 147 Å². The molecule has 1 aromatic rings. The Morgan fingerprint density at radius 2 is 2.04 bits per heavy atom. The topological polar surface area (TPSA) is 63.4 Å². The van der Waals surface area contributed by atoms with Gasteiger partial charge >= 0.3 is 0 Å². The van der Waals surface area contributed by atoms with Crippen molar-refractivity contribution in [1.29, 1.82) is 0 Å². The van der Waals surface area contributed by atoms with Crippen molar-refractivity contribution in [3.8, 4) is 5.75 Å². The summed E-state index contributed by atoms with van der Waals surface area (Å²) in [5, 5.41) is 3.44. The summed E-state index contributed by atoms with van der Waals surface area (Å²) in [6.45, 7) is 4.64. The van der Waals surface area contributed by atoms with Gasteiger partial charge in [0.1, 0.15) is 12.4 Å². The molecule has 136 valence electrons. The predicted molar refractivity (Wildman–Crippen MR) is 99.3 cm³/mol. The van der Waals surface area contributed by atoms with E-state index in [1.807, 2.05) is 12.4 Å². The number of unbranched alkanes of at least 4 members (excludes halogenated alkanes) is 4. The van der Waals surface area contributed by atoms with Crippen LogP contribution in [0.5, 0.6) is 5.75 Å². The Balaban J connectivity index is 1.56. The molecule has 0 unspecified atom stereocenters. The largest absolute Gasteiger partial charge is 0.491 e. The van der Waals surface area contributed by atoms with E-state index in [0.717, 1.165) is 31.8 Å². The minimum atomic E-state index is 0.499. The smallest absolute Gasteiger partial charge is 0.137 e. The number of likely N-dealkylation sites (tertiary alicyclic amines) is 1. The number of hydrogen-bond donors (Lipinski definition) is 2. The van der Waals surface area contributed by atoms with Gasteiger partial charge in [0.15, 0.2) is 0 Å². The molecule has 1 saturated heterocycles. The molecule has 0 radical (unpaired) electrons. The normalized spacial score (nSPS) is 18.2. The average Bonchev–Trinajstić information content (AvgIpc) is 3.03. The lowest BCUT2D eigenvalue weighted by Crippen LogP contribution is -2.22. The maximum atomic E-state index is 5.84. The van der Waals surface area contributed by atoms with E-state index in [1.54, 1.807) is 0 Å². The maximum absolute atomic E-state index is 5.84. The van der Waals surface area contributed by atoms with E-state index in [-0.39, 0.29) is 0 Å². The molecule has 24 heavy (non-hydrogen) atoms. The van der Waals surface area contributed by atoms with Crippen LogP contribution in [-0.4, -0.2) is 49.7 Å². The summed E-state index contributed by atoms with van der Waals surface area (Å²) in [6.07, 6.45) is 12.5. The van der Waals surface area contributed by atoms with Gasteiger partial charge < -0.3 is 15.8 Å². The van der Waals surface area contributed by atoms with Gasteiger partial charge in [-0.05, 0) is 64.0 Å². The summed E-state index contributed by atoms with van der Waals surface area (Å²) in [6, 6.07) is 2.65. The van der Waals surface area contributed by atoms with Crippen molar-refractivity contribution in [2.75, 3.05) is 39.8 Å². The SMILES string of the molecule is CN1CCC[C@H]1c1cncc(OCCNCCCCCCCN)c1. The van der Waals surface area contributed by atoms with Gasteiger partial charge in [0.2, 0.25) is 0 Å². The van der Waals surface area contributed by atoms with E-state index in [9.17, 15) is 0 Å². The highest BCUT2D eigenvalue weighted by atomic mass is 16.5. The fourth-order valence-electron chi connectivity index (χ4n) is 3.32. The number of nitrogens with zero attached hydrogens (tertiary/aromatic N) is 2. The van der Waals surface area contributed by atoms with Crippen molar-refractivity contribution in [3.05, 3.63) is 24.0 Å². The highest BCUT2D eigenvalue weighted by Crippen LogP contribution is 2.31. The third-order valence-corrected chi connectivity index (χ3v) is 4.74. The second-order valence-corrected chi connectivity index (χ2v) is 6.75. The second-order valence-electron chi connectivity index (χ2n) is 6.75. The number of aromatic nitrogens is 1. The summed E-state index contributed by atoms with van der Waals surface area (Å²) in [7, 11) is 2.19. The van der Waals surface area contributed by atoms with E-state index in [4.69, 9.17) is 10.5 Å². The van der Waals surface area contributed by atoms with Crippen LogP contribution in [0, 0.1) is 0 Å². The number of nitrogens with two attached hydrogens (primary N) is 1. The first-order chi connectivity index (χ1) is 11.8. The Hall–Kier alpha value is -1.17. The number of pyridine rings is 1. The van der Waals surface area contributed by atoms with E-state index in [2.05, 4.69) is 28.3 Å². The van der Waals surface area contributed by atoms with Crippen LogP contribution in [0.15, 0.2) is 18.5 Å². The number of hydrogen-bond acceptors (Lipinski definition) is 5. The van der Waals surface area contributed by atoms with Crippen LogP contribution in [0.4, 0.5) is 0 Å². The number of rotatable bonds is 12. The second kappa shape index (κ2) is 11.4. The van der Waals surface area contributed by atoms with Crippen molar-refractivity contribution in [2.24, 2.45) is 5.73 Å². The average molecular weight is 335 g/mol. The van der Waals surface area contributed by atoms with E-state index < -0.39 is 0 Å². The fourth-order valence-corrected chi connectivity index (χ4v) is 3.32. The molecule has 1 aromatic heterocycles. The molecule has 5 heteroatoms. The van der Waals surface area contributed by atoms with Gasteiger partial charge in [-0.1, -0.05) is 19.3 Å². The highest BCUT2D eigenvalue weighted by Gasteiger charge is 2.22. The monoisotopic (exact) mass is 334 g/mol. The minimum Gasteiger partial charge on any atom is -0.491 e. The third kappa shape index (κ3) is 6.75. The van der Waals surface area contributed by atoms with E-state index >= 15 is 0 Å². The zero-order valence-corrected chi connectivity index (χ0v) is 15.2. The van der Waals surface area contributed by atoms with Gasteiger partial charge in [0, 0.05) is 18.8 Å². The Morgan fingerprint density at radius 3 is 2.83 bits per heavy atom. The lowest BCUT2D eigenvalue weighted by molar-refractivity contribution is 0.303. The summed E-state index contributed by atoms with van der Waals surface area (Å²) < 4.78 is 5.84. The molecule has 1 atom stereocenters. The van der Waals surface area contributed by atoms with Gasteiger partial charge in [-0.15, -0.1) is 0 Å². The first-order valence-electron chi connectivity index (χ1n) is 9.50. The molecule has 0 bridgehead atoms. The van der Waals surface area contributed by atoms with Crippen molar-refractivity contribution in [1.82, 2.24) is 15.2 Å². The fraction of sp³-hybridized carbons (Fsp3) is 0.737. The molecular formula is C19H34N4O. The summed E-state index contributed by atoms with van der Waals surface area (Å²) in [4.78, 5) is 6.75. The minimum absolute atomic E-state index is 0.499. The molecule has 1 aliphatic heterocycles. The van der Waals surface area contributed by atoms with Crippen LogP contribution in [0.2, 0.25) is 0 Å². The Bertz CT molecular complexity index is 455. The van der Waals surface area contributed by atoms with Crippen LogP contribution in [-0.2, 0) is 0 Å². The lowest BCUT2D eigenvalue weighted by atomic mass is 10.1. The van der Waals surface area contributed by atoms with Gasteiger partial charge in [-0.25, -0.2) is 0 Å². The molecular weight excluding hydrogens is 300 g/mol. The van der Waals surface area contributed by atoms with Crippen molar-refractivity contribution < 1.29 is 4.74 Å². The van der Waals surface area contributed by atoms with Crippen LogP contribution >= 0.6 is 0 Å². The molecule has 0 aliphatic carbocycles. The Kier molecular flexibility index (Phi) is 9.10. The summed E-state index contributed by atoms with van der Waals surface area (Å²) in [5.74, 6) is 0.886. The van der Waals surface area contributed by atoms with Crippen LogP contribution in [0.3, 0.4) is 0 Å². The molecule has 1 fully saturated rings. The van der Waals surface area contributed by atoms with E-state index in [1.165, 1.54) is 50.6 Å². The molecule has 0 saturated carbocycles. The molecule has 3 N–H and O–H groups in total. The van der Waals surface area contributed by atoms with Crippen molar-refractivity contribution in [2.45, 2.75) is 51.0 Å². The first-order valence-corrected chi connectivity index (χ1v) is 9.50. The van der Waals surface area contributed by atoms with E-state index in [0.29, 0.717) is 12.6 Å². The molecule has 5 nitrogen and oxygen atoms in total. The molecule has 2 rings (SSSR count). The van der Waals surface area contributed by atoms with Gasteiger partial charge in [0.25, 0.3) is 0 Å². The molecule has 0 amide bonds. The van der Waals surface area contributed by atoms with Crippen LogP contribution in [0.25, 0.3) is 0 Å². The van der Waals surface area contributed by atoms with Crippen LogP contribution < -0.4 is 15.8 Å². The summed E-state index contributed by atoms with van der Waals surface area (Å²) >= 11 is 0. The zero-order valence-electron chi connectivity index (χ0n) is 15.2. The zero-order chi connectivity index (χ0) is 17.0. The summed E-state index contributed by atoms with van der Waals surface area (Å²) in [5.41, 5.74) is 6.77. The Morgan fingerprint density at radius 1 is 1.21 bits per heavy atom. The van der Waals surface area contributed by atoms with Gasteiger partial charge in [-0.2, -0.15) is 0 Å². The lowest BCUT2D eigenvalue weighted by Gasteiger charge is -2.19. The maximum Gasteiger partial charge on any atom is 0.137 e. The molecule has 0 aromatic carbocycles. The molecule has 0 spiro atoms. The molecule has 2 heterocycles. The van der Waals surface area contributed by atoms with Crippen LogP contribution in [0.1, 0.15) is 56.6 Å². The highest BCUT2D eigenvalue weighted by molar-refractivity contribution is 5.26. The standard InChI is InChI=1S/C19H34N4O/c1-23-12-7-8-19(23)17-14-18(16-22-15-17)24-13-11-21-10-6-4-2-3-5-9-20/h14-16,19,21H,2-13,20H2,1H3/t19-/m0/s1. The first kappa shape index (κ1) is 19.2. The number of ether oxygens (including phenoxy) is 1. The van der Waals surface area contributed by atoms with Gasteiger partial charge in [0.05, 0.1) is 6.20 Å². The quantitative estimate of drug-likeness (QED) is 0.576. The molecule has 1 aliphatic rings. The third-order valence-electron chi connectivity index (χ3n) is 4.74.